The van der Waals surface area contributed by atoms with Crippen molar-refractivity contribution in [3.8, 4) is 5.75 Å². The minimum Gasteiger partial charge on any atom is -0.497 e. The molecule has 1 aliphatic heterocycles. The maximum atomic E-state index is 13.5. The van der Waals surface area contributed by atoms with Crippen LogP contribution in [0.2, 0.25) is 0 Å². The Balaban J connectivity index is 1.43. The molecule has 0 saturated carbocycles. The molecule has 0 fully saturated rings. The zero-order valence-electron chi connectivity index (χ0n) is 16.2. The summed E-state index contributed by atoms with van der Waals surface area (Å²) in [5.74, 6) is -0.697. The Labute approximate surface area is 167 Å². The smallest absolute Gasteiger partial charge is 0.339 e. The zero-order chi connectivity index (χ0) is 20.6. The number of aromatic nitrogens is 1. The Morgan fingerprint density at radius 1 is 1.31 bits per heavy atom. The van der Waals surface area contributed by atoms with Gasteiger partial charge in [0, 0.05) is 36.1 Å². The van der Waals surface area contributed by atoms with E-state index in [2.05, 4.69) is 10.3 Å². The van der Waals surface area contributed by atoms with Gasteiger partial charge >= 0.3 is 5.97 Å². The van der Waals surface area contributed by atoms with E-state index in [1.807, 2.05) is 24.4 Å². The highest BCUT2D eigenvalue weighted by molar-refractivity contribution is 5.97. The van der Waals surface area contributed by atoms with Gasteiger partial charge in [0.15, 0.2) is 5.60 Å². The van der Waals surface area contributed by atoms with Crippen LogP contribution in [0, 0.1) is 5.82 Å². The van der Waals surface area contributed by atoms with Crippen LogP contribution in [-0.2, 0) is 22.4 Å². The molecule has 29 heavy (non-hydrogen) atoms. The highest BCUT2D eigenvalue weighted by Crippen LogP contribution is 2.29. The summed E-state index contributed by atoms with van der Waals surface area (Å²) < 4.78 is 24.2. The number of methoxy groups -OCH3 is 1. The number of fused-ring (bicyclic) bond motifs is 2. The van der Waals surface area contributed by atoms with Gasteiger partial charge in [-0.3, -0.25) is 4.79 Å². The Bertz CT molecular complexity index is 1110. The topological polar surface area (TPSA) is 80.4 Å². The minimum absolute atomic E-state index is 0.130. The number of amides is 1. The number of hydrogen-bond acceptors (Lipinski definition) is 4. The van der Waals surface area contributed by atoms with Crippen molar-refractivity contribution in [3.63, 3.8) is 0 Å². The molecule has 1 aromatic heterocycles. The number of carbonyl (C=O) groups is 2. The van der Waals surface area contributed by atoms with Crippen molar-refractivity contribution in [3.05, 3.63) is 65.1 Å². The lowest BCUT2D eigenvalue weighted by atomic mass is 9.89. The van der Waals surface area contributed by atoms with Crippen molar-refractivity contribution in [1.82, 2.24) is 10.3 Å². The molecular formula is C22H21FN2O4. The lowest BCUT2D eigenvalue weighted by Gasteiger charge is -2.33. The van der Waals surface area contributed by atoms with Crippen LogP contribution >= 0.6 is 0 Å². The summed E-state index contributed by atoms with van der Waals surface area (Å²) in [7, 11) is 1.62. The SMILES string of the molecule is COc1ccc2c(CCNC(=O)C3(C)Cc4cc(F)ccc4C(=O)O3)c[nH]c2c1. The van der Waals surface area contributed by atoms with Crippen LogP contribution in [-0.4, -0.2) is 36.1 Å². The quantitative estimate of drug-likeness (QED) is 0.650. The highest BCUT2D eigenvalue weighted by atomic mass is 19.1. The molecule has 1 aliphatic rings. The number of cyclic esters (lactones) is 1. The molecule has 150 valence electrons. The first-order valence-corrected chi connectivity index (χ1v) is 9.34. The molecule has 6 nitrogen and oxygen atoms in total. The molecule has 1 unspecified atom stereocenters. The summed E-state index contributed by atoms with van der Waals surface area (Å²) in [4.78, 5) is 28.2. The Morgan fingerprint density at radius 3 is 2.93 bits per heavy atom. The standard InChI is InChI=1S/C22H21FN2O4/c1-22(11-14-9-15(23)3-5-18(14)20(26)29-22)21(27)24-8-7-13-12-25-19-10-16(28-2)4-6-17(13)19/h3-6,9-10,12,25H,7-8,11H2,1-2H3,(H,24,27). The maximum Gasteiger partial charge on any atom is 0.339 e. The molecule has 4 rings (SSSR count). The molecule has 7 heteroatoms. The van der Waals surface area contributed by atoms with E-state index in [4.69, 9.17) is 9.47 Å². The van der Waals surface area contributed by atoms with Crippen molar-refractivity contribution in [1.29, 1.82) is 0 Å². The van der Waals surface area contributed by atoms with Gasteiger partial charge in [0.1, 0.15) is 11.6 Å². The van der Waals surface area contributed by atoms with Gasteiger partial charge in [-0.15, -0.1) is 0 Å². The third kappa shape index (κ3) is 3.55. The largest absolute Gasteiger partial charge is 0.497 e. The second-order valence-corrected chi connectivity index (χ2v) is 7.33. The molecule has 0 spiro atoms. The summed E-state index contributed by atoms with van der Waals surface area (Å²) in [6.07, 6.45) is 2.63. The maximum absolute atomic E-state index is 13.5. The Hall–Kier alpha value is -3.35. The fourth-order valence-electron chi connectivity index (χ4n) is 3.69. The number of ether oxygens (including phenoxy) is 2. The predicted octanol–water partition coefficient (Wildman–Crippen LogP) is 3.15. The minimum atomic E-state index is -1.37. The molecule has 0 bridgehead atoms. The van der Waals surface area contributed by atoms with Crippen LogP contribution in [0.3, 0.4) is 0 Å². The lowest BCUT2D eigenvalue weighted by Crippen LogP contribution is -2.52. The van der Waals surface area contributed by atoms with Crippen LogP contribution in [0.4, 0.5) is 4.39 Å². The second kappa shape index (κ2) is 7.24. The molecule has 2 N–H and O–H groups in total. The van der Waals surface area contributed by atoms with Gasteiger partial charge in [0.25, 0.3) is 5.91 Å². The van der Waals surface area contributed by atoms with Crippen LogP contribution < -0.4 is 10.1 Å². The molecule has 0 saturated heterocycles. The number of esters is 1. The van der Waals surface area contributed by atoms with E-state index in [1.165, 1.54) is 18.2 Å². The average Bonchev–Trinajstić information content (AvgIpc) is 3.09. The molecular weight excluding hydrogens is 375 g/mol. The van der Waals surface area contributed by atoms with Gasteiger partial charge in [-0.1, -0.05) is 0 Å². The van der Waals surface area contributed by atoms with E-state index in [-0.39, 0.29) is 6.42 Å². The number of carbonyl (C=O) groups excluding carboxylic acids is 2. The van der Waals surface area contributed by atoms with Gasteiger partial charge in [-0.25, -0.2) is 9.18 Å². The van der Waals surface area contributed by atoms with E-state index >= 15 is 0 Å². The molecule has 2 aromatic carbocycles. The fourth-order valence-corrected chi connectivity index (χ4v) is 3.69. The summed E-state index contributed by atoms with van der Waals surface area (Å²) in [6.45, 7) is 1.92. The van der Waals surface area contributed by atoms with Crippen LogP contribution in [0.15, 0.2) is 42.6 Å². The summed E-state index contributed by atoms with van der Waals surface area (Å²) >= 11 is 0. The van der Waals surface area contributed by atoms with Crippen LogP contribution in [0.1, 0.15) is 28.4 Å². The average molecular weight is 396 g/mol. The first-order valence-electron chi connectivity index (χ1n) is 9.34. The van der Waals surface area contributed by atoms with E-state index in [1.54, 1.807) is 14.0 Å². The molecule has 1 atom stereocenters. The van der Waals surface area contributed by atoms with Gasteiger partial charge in [-0.2, -0.15) is 0 Å². The molecule has 0 aliphatic carbocycles. The van der Waals surface area contributed by atoms with E-state index in [0.717, 1.165) is 22.2 Å². The normalized spacial score (nSPS) is 18.2. The zero-order valence-corrected chi connectivity index (χ0v) is 16.2. The lowest BCUT2D eigenvalue weighted by molar-refractivity contribution is -0.139. The van der Waals surface area contributed by atoms with E-state index in [9.17, 15) is 14.0 Å². The van der Waals surface area contributed by atoms with Gasteiger partial charge in [0.05, 0.1) is 12.7 Å². The molecule has 2 heterocycles. The summed E-state index contributed by atoms with van der Waals surface area (Å²) in [5, 5.41) is 3.89. The summed E-state index contributed by atoms with van der Waals surface area (Å²) in [6, 6.07) is 9.64. The van der Waals surface area contributed by atoms with Gasteiger partial charge in [-0.05, 0) is 54.8 Å². The van der Waals surface area contributed by atoms with E-state index < -0.39 is 23.3 Å². The number of aromatic amines is 1. The first kappa shape index (κ1) is 19.0. The van der Waals surface area contributed by atoms with Crippen molar-refractivity contribution in [2.75, 3.05) is 13.7 Å². The summed E-state index contributed by atoms with van der Waals surface area (Å²) in [5.41, 5.74) is 1.42. The Kier molecular flexibility index (Phi) is 4.74. The number of rotatable bonds is 5. The highest BCUT2D eigenvalue weighted by Gasteiger charge is 2.42. The molecule has 1 amide bonds. The number of nitrogens with one attached hydrogen (secondary N) is 2. The van der Waals surface area contributed by atoms with Crippen molar-refractivity contribution < 1.29 is 23.5 Å². The van der Waals surface area contributed by atoms with Crippen molar-refractivity contribution >= 4 is 22.8 Å². The number of H-pyrrole nitrogens is 1. The van der Waals surface area contributed by atoms with Gasteiger partial charge in [0.2, 0.25) is 0 Å². The monoisotopic (exact) mass is 396 g/mol. The molecule has 3 aromatic rings. The molecule has 0 radical (unpaired) electrons. The third-order valence-corrected chi connectivity index (χ3v) is 5.27. The number of hydrogen-bond donors (Lipinski definition) is 2. The van der Waals surface area contributed by atoms with Gasteiger partial charge < -0.3 is 19.8 Å². The predicted molar refractivity (Wildman–Crippen MR) is 105 cm³/mol. The van der Waals surface area contributed by atoms with Crippen molar-refractivity contribution in [2.24, 2.45) is 0 Å². The number of benzene rings is 2. The van der Waals surface area contributed by atoms with Crippen molar-refractivity contribution in [2.45, 2.75) is 25.4 Å². The number of halogens is 1. The third-order valence-electron chi connectivity index (χ3n) is 5.27. The van der Waals surface area contributed by atoms with E-state index in [0.29, 0.717) is 24.1 Å². The second-order valence-electron chi connectivity index (χ2n) is 7.33. The van der Waals surface area contributed by atoms with Crippen LogP contribution in [0.5, 0.6) is 5.75 Å². The Morgan fingerprint density at radius 2 is 2.14 bits per heavy atom. The van der Waals surface area contributed by atoms with Crippen LogP contribution in [0.25, 0.3) is 10.9 Å². The first-order chi connectivity index (χ1) is 13.9. The fraction of sp³-hybridized carbons (Fsp3) is 0.273.